The topological polar surface area (TPSA) is 114 Å². The van der Waals surface area contributed by atoms with Gasteiger partial charge in [-0.05, 0) is 13.3 Å². The molecular formula is C15H21N5O3S. The summed E-state index contributed by atoms with van der Waals surface area (Å²) < 4.78 is 1.29. The van der Waals surface area contributed by atoms with Gasteiger partial charge in [0.15, 0.2) is 5.69 Å². The van der Waals surface area contributed by atoms with E-state index in [1.807, 2.05) is 13.8 Å². The van der Waals surface area contributed by atoms with E-state index < -0.39 is 11.2 Å². The number of carbonyl (C=O) groups is 1. The Morgan fingerprint density at radius 2 is 2.17 bits per heavy atom. The van der Waals surface area contributed by atoms with Gasteiger partial charge in [0.25, 0.3) is 5.56 Å². The van der Waals surface area contributed by atoms with Crippen LogP contribution in [0.3, 0.4) is 0 Å². The van der Waals surface area contributed by atoms with Gasteiger partial charge in [-0.25, -0.2) is 9.78 Å². The quantitative estimate of drug-likeness (QED) is 0.802. The van der Waals surface area contributed by atoms with Gasteiger partial charge in [0.2, 0.25) is 5.91 Å². The Bertz CT molecular complexity index is 852. The van der Waals surface area contributed by atoms with Crippen molar-refractivity contribution in [2.45, 2.75) is 39.7 Å². The van der Waals surface area contributed by atoms with Gasteiger partial charge in [0.1, 0.15) is 5.82 Å². The molecule has 2 aromatic heterocycles. The van der Waals surface area contributed by atoms with Crippen molar-refractivity contribution in [3.05, 3.63) is 36.9 Å². The lowest BCUT2D eigenvalue weighted by molar-refractivity contribution is -0.117. The predicted molar refractivity (Wildman–Crippen MR) is 94.6 cm³/mol. The predicted octanol–water partition coefficient (Wildman–Crippen LogP) is 0.889. The lowest BCUT2D eigenvalue weighted by Gasteiger charge is -2.20. The maximum Gasteiger partial charge on any atom is 0.330 e. The van der Waals surface area contributed by atoms with Gasteiger partial charge in [-0.1, -0.05) is 13.3 Å². The Morgan fingerprint density at radius 3 is 2.75 bits per heavy atom. The fourth-order valence-electron chi connectivity index (χ4n) is 2.33. The van der Waals surface area contributed by atoms with Gasteiger partial charge in [-0.2, -0.15) is 0 Å². The second kappa shape index (κ2) is 7.43. The fraction of sp³-hybridized carbons (Fsp3) is 0.467. The molecule has 0 bridgehead atoms. The molecule has 0 saturated heterocycles. The van der Waals surface area contributed by atoms with Crippen LogP contribution in [0.25, 0.3) is 0 Å². The Morgan fingerprint density at radius 1 is 1.46 bits per heavy atom. The third-order valence-corrected chi connectivity index (χ3v) is 4.48. The van der Waals surface area contributed by atoms with Crippen molar-refractivity contribution in [3.8, 4) is 0 Å². The number of aryl methyl sites for hydroxylation is 1. The highest BCUT2D eigenvalue weighted by molar-refractivity contribution is 7.09. The molecule has 24 heavy (non-hydrogen) atoms. The molecule has 0 aliphatic rings. The molecule has 2 aromatic rings. The van der Waals surface area contributed by atoms with Crippen LogP contribution in [0.1, 0.15) is 30.5 Å². The van der Waals surface area contributed by atoms with Gasteiger partial charge in [0, 0.05) is 19.0 Å². The van der Waals surface area contributed by atoms with Crippen LogP contribution in [-0.2, 0) is 17.8 Å². The minimum atomic E-state index is -0.671. The van der Waals surface area contributed by atoms with Crippen molar-refractivity contribution in [2.24, 2.45) is 0 Å². The van der Waals surface area contributed by atoms with E-state index >= 15 is 0 Å². The molecule has 0 spiro atoms. The molecular weight excluding hydrogens is 330 g/mol. The number of nitrogens with one attached hydrogen (secondary N) is 1. The summed E-state index contributed by atoms with van der Waals surface area (Å²) in [6.07, 6.45) is 1.68. The van der Waals surface area contributed by atoms with Crippen LogP contribution >= 0.6 is 11.3 Å². The zero-order valence-electron chi connectivity index (χ0n) is 14.0. The smallest absolute Gasteiger partial charge is 0.330 e. The molecule has 8 nitrogen and oxygen atoms in total. The summed E-state index contributed by atoms with van der Waals surface area (Å²) in [6.45, 7) is 4.23. The molecule has 9 heteroatoms. The molecule has 0 aliphatic heterocycles. The van der Waals surface area contributed by atoms with Crippen molar-refractivity contribution in [2.75, 3.05) is 17.7 Å². The molecule has 0 aliphatic carbocycles. The number of hydrogen-bond donors (Lipinski definition) is 2. The standard InChI is InChI=1S/C15H21N5O3S/c1-4-5-6-20-13(16)12(14(22)18-15(20)23)19(3)11(21)7-10-8-24-9(2)17-10/h8H,4-7,16H2,1-3H3,(H,18,22,23). The number of rotatable bonds is 6. The number of nitrogens with zero attached hydrogens (tertiary/aromatic N) is 3. The molecule has 1 amide bonds. The minimum absolute atomic E-state index is 0.00232. The van der Waals surface area contributed by atoms with Crippen molar-refractivity contribution >= 4 is 28.7 Å². The molecule has 0 aromatic carbocycles. The summed E-state index contributed by atoms with van der Waals surface area (Å²) in [5, 5.41) is 2.67. The number of carbonyl (C=O) groups excluding carboxylic acids is 1. The number of unbranched alkanes of at least 4 members (excludes halogenated alkanes) is 1. The molecule has 0 saturated carbocycles. The van der Waals surface area contributed by atoms with Gasteiger partial charge >= 0.3 is 5.69 Å². The monoisotopic (exact) mass is 351 g/mol. The lowest BCUT2D eigenvalue weighted by atomic mass is 10.2. The second-order valence-corrected chi connectivity index (χ2v) is 6.55. The highest BCUT2D eigenvalue weighted by Crippen LogP contribution is 2.17. The van der Waals surface area contributed by atoms with Crippen LogP contribution in [0.4, 0.5) is 11.5 Å². The first-order valence-corrected chi connectivity index (χ1v) is 8.53. The van der Waals surface area contributed by atoms with Gasteiger partial charge < -0.3 is 10.6 Å². The average molecular weight is 351 g/mol. The maximum absolute atomic E-state index is 12.4. The number of likely N-dealkylation sites (N-methyl/N-ethyl adjacent to an activating group) is 1. The normalized spacial score (nSPS) is 10.8. The number of hydrogen-bond acceptors (Lipinski definition) is 6. The van der Waals surface area contributed by atoms with Crippen LogP contribution in [-0.4, -0.2) is 27.5 Å². The largest absolute Gasteiger partial charge is 0.383 e. The maximum atomic E-state index is 12.4. The Kier molecular flexibility index (Phi) is 5.55. The molecule has 2 heterocycles. The molecule has 130 valence electrons. The summed E-state index contributed by atoms with van der Waals surface area (Å²) in [7, 11) is 1.47. The van der Waals surface area contributed by atoms with E-state index in [1.54, 1.807) is 5.38 Å². The molecule has 0 atom stereocenters. The van der Waals surface area contributed by atoms with E-state index in [-0.39, 0.29) is 23.8 Å². The van der Waals surface area contributed by atoms with Gasteiger partial charge in [0.05, 0.1) is 17.1 Å². The molecule has 0 radical (unpaired) electrons. The Balaban J connectivity index is 2.34. The highest BCUT2D eigenvalue weighted by atomic mass is 32.1. The van der Waals surface area contributed by atoms with E-state index in [1.165, 1.54) is 27.9 Å². The van der Waals surface area contributed by atoms with Crippen LogP contribution in [0.5, 0.6) is 0 Å². The van der Waals surface area contributed by atoms with Crippen LogP contribution in [0.2, 0.25) is 0 Å². The van der Waals surface area contributed by atoms with Gasteiger partial charge in [-0.15, -0.1) is 11.3 Å². The summed E-state index contributed by atoms with van der Waals surface area (Å²) in [5.74, 6) is -0.319. The number of aromatic nitrogens is 3. The number of nitrogens with two attached hydrogens (primary N) is 1. The van der Waals surface area contributed by atoms with Gasteiger partial charge in [-0.3, -0.25) is 19.1 Å². The van der Waals surface area contributed by atoms with Crippen molar-refractivity contribution in [1.29, 1.82) is 0 Å². The van der Waals surface area contributed by atoms with Crippen molar-refractivity contribution < 1.29 is 4.79 Å². The third-order valence-electron chi connectivity index (χ3n) is 3.66. The first-order chi connectivity index (χ1) is 11.3. The molecule has 0 fully saturated rings. The summed E-state index contributed by atoms with van der Waals surface area (Å²) in [6, 6.07) is 0. The Labute approximate surface area is 143 Å². The average Bonchev–Trinajstić information content (AvgIpc) is 2.91. The number of thiazole rings is 1. The number of amides is 1. The number of anilines is 2. The number of aromatic amines is 1. The first kappa shape index (κ1) is 17.9. The number of nitrogen functional groups attached to an aromatic ring is 1. The van der Waals surface area contributed by atoms with Crippen molar-refractivity contribution in [3.63, 3.8) is 0 Å². The lowest BCUT2D eigenvalue weighted by Crippen LogP contribution is -2.39. The third kappa shape index (κ3) is 3.73. The van der Waals surface area contributed by atoms with E-state index in [4.69, 9.17) is 5.73 Å². The minimum Gasteiger partial charge on any atom is -0.383 e. The number of H-pyrrole nitrogens is 1. The Hall–Kier alpha value is -2.42. The first-order valence-electron chi connectivity index (χ1n) is 7.65. The van der Waals surface area contributed by atoms with E-state index in [9.17, 15) is 14.4 Å². The van der Waals surface area contributed by atoms with Crippen molar-refractivity contribution in [1.82, 2.24) is 14.5 Å². The van der Waals surface area contributed by atoms with E-state index in [2.05, 4.69) is 9.97 Å². The second-order valence-electron chi connectivity index (χ2n) is 5.49. The van der Waals surface area contributed by atoms with Crippen LogP contribution in [0.15, 0.2) is 15.0 Å². The molecule has 2 rings (SSSR count). The zero-order valence-corrected chi connectivity index (χ0v) is 14.8. The molecule has 3 N–H and O–H groups in total. The summed E-state index contributed by atoms with van der Waals surface area (Å²) in [5.41, 5.74) is 5.39. The highest BCUT2D eigenvalue weighted by Gasteiger charge is 2.21. The zero-order chi connectivity index (χ0) is 17.9. The summed E-state index contributed by atoms with van der Waals surface area (Å²) >= 11 is 1.45. The van der Waals surface area contributed by atoms with E-state index in [0.29, 0.717) is 12.2 Å². The fourth-order valence-corrected chi connectivity index (χ4v) is 2.94. The SMILES string of the molecule is CCCCn1c(N)c(N(C)C(=O)Cc2csc(C)n2)c(=O)[nH]c1=O. The van der Waals surface area contributed by atoms with Crippen LogP contribution < -0.4 is 21.9 Å². The summed E-state index contributed by atoms with van der Waals surface area (Å²) in [4.78, 5) is 44.1. The molecule has 0 unspecified atom stereocenters. The van der Waals surface area contributed by atoms with E-state index in [0.717, 1.165) is 17.8 Å². The van der Waals surface area contributed by atoms with Crippen LogP contribution in [0, 0.1) is 6.92 Å².